The van der Waals surface area contributed by atoms with Crippen molar-refractivity contribution in [2.75, 3.05) is 0 Å². The van der Waals surface area contributed by atoms with Crippen LogP contribution < -0.4 is 11.3 Å². The SMILES string of the molecule is CCCC(NN)c1cc(C)nn1CC. The van der Waals surface area contributed by atoms with Crippen LogP contribution in [0.25, 0.3) is 0 Å². The lowest BCUT2D eigenvalue weighted by atomic mass is 10.1. The predicted molar refractivity (Wildman–Crippen MR) is 57.6 cm³/mol. The summed E-state index contributed by atoms with van der Waals surface area (Å²) in [6, 6.07) is 2.32. The van der Waals surface area contributed by atoms with Crippen molar-refractivity contribution < 1.29 is 0 Å². The van der Waals surface area contributed by atoms with E-state index < -0.39 is 0 Å². The summed E-state index contributed by atoms with van der Waals surface area (Å²) >= 11 is 0. The molecule has 0 bridgehead atoms. The third-order valence-corrected chi connectivity index (χ3v) is 2.37. The fraction of sp³-hybridized carbons (Fsp3) is 0.700. The molecule has 3 N–H and O–H groups in total. The normalized spacial score (nSPS) is 13.1. The van der Waals surface area contributed by atoms with E-state index in [0.717, 1.165) is 25.1 Å². The lowest BCUT2D eigenvalue weighted by Gasteiger charge is -2.15. The van der Waals surface area contributed by atoms with Crippen molar-refractivity contribution in [3.8, 4) is 0 Å². The molecule has 80 valence electrons. The maximum Gasteiger partial charge on any atom is 0.0629 e. The van der Waals surface area contributed by atoms with Crippen LogP contribution in [-0.2, 0) is 6.54 Å². The summed E-state index contributed by atoms with van der Waals surface area (Å²) in [4.78, 5) is 0. The molecule has 1 rings (SSSR count). The molecule has 0 spiro atoms. The van der Waals surface area contributed by atoms with Crippen LogP contribution in [0.5, 0.6) is 0 Å². The second kappa shape index (κ2) is 5.12. The van der Waals surface area contributed by atoms with Crippen LogP contribution in [-0.4, -0.2) is 9.78 Å². The summed E-state index contributed by atoms with van der Waals surface area (Å²) in [6.45, 7) is 7.15. The topological polar surface area (TPSA) is 55.9 Å². The van der Waals surface area contributed by atoms with Crippen LogP contribution in [0.4, 0.5) is 0 Å². The quantitative estimate of drug-likeness (QED) is 0.554. The van der Waals surface area contributed by atoms with Gasteiger partial charge in [0.1, 0.15) is 0 Å². The summed E-state index contributed by atoms with van der Waals surface area (Å²) in [5.41, 5.74) is 5.09. The summed E-state index contributed by atoms with van der Waals surface area (Å²) in [5, 5.41) is 4.40. The Bertz CT molecular complexity index is 280. The zero-order valence-corrected chi connectivity index (χ0v) is 9.25. The fourth-order valence-electron chi connectivity index (χ4n) is 1.70. The van der Waals surface area contributed by atoms with E-state index in [1.165, 1.54) is 5.69 Å². The number of aromatic nitrogens is 2. The van der Waals surface area contributed by atoms with E-state index in [-0.39, 0.29) is 6.04 Å². The largest absolute Gasteiger partial charge is 0.271 e. The smallest absolute Gasteiger partial charge is 0.0629 e. The van der Waals surface area contributed by atoms with Crippen molar-refractivity contribution in [2.24, 2.45) is 5.84 Å². The summed E-state index contributed by atoms with van der Waals surface area (Å²) in [6.07, 6.45) is 2.16. The first-order chi connectivity index (χ1) is 6.72. The highest BCUT2D eigenvalue weighted by Gasteiger charge is 2.14. The number of nitrogens with zero attached hydrogens (tertiary/aromatic N) is 2. The number of aryl methyl sites for hydroxylation is 2. The molecule has 4 nitrogen and oxygen atoms in total. The first-order valence-corrected chi connectivity index (χ1v) is 5.23. The van der Waals surface area contributed by atoms with Crippen LogP contribution in [0.3, 0.4) is 0 Å². The van der Waals surface area contributed by atoms with Gasteiger partial charge in [0.05, 0.1) is 17.4 Å². The molecule has 1 unspecified atom stereocenters. The second-order valence-electron chi connectivity index (χ2n) is 3.53. The molecule has 0 saturated carbocycles. The maximum absolute atomic E-state index is 5.53. The third kappa shape index (κ3) is 2.33. The lowest BCUT2D eigenvalue weighted by molar-refractivity contribution is 0.462. The lowest BCUT2D eigenvalue weighted by Crippen LogP contribution is -2.29. The van der Waals surface area contributed by atoms with E-state index in [1.54, 1.807) is 0 Å². The maximum atomic E-state index is 5.53. The number of rotatable bonds is 5. The second-order valence-corrected chi connectivity index (χ2v) is 3.53. The van der Waals surface area contributed by atoms with E-state index in [9.17, 15) is 0 Å². The van der Waals surface area contributed by atoms with E-state index >= 15 is 0 Å². The molecule has 0 saturated heterocycles. The van der Waals surface area contributed by atoms with Gasteiger partial charge in [-0.3, -0.25) is 16.0 Å². The number of hydrazine groups is 1. The van der Waals surface area contributed by atoms with Crippen LogP contribution in [0.1, 0.15) is 44.1 Å². The highest BCUT2D eigenvalue weighted by atomic mass is 15.3. The van der Waals surface area contributed by atoms with Crippen molar-refractivity contribution >= 4 is 0 Å². The predicted octanol–water partition coefficient (Wildman–Crippen LogP) is 1.52. The van der Waals surface area contributed by atoms with Crippen molar-refractivity contribution in [1.29, 1.82) is 0 Å². The van der Waals surface area contributed by atoms with Crippen LogP contribution in [0, 0.1) is 6.92 Å². The Hall–Kier alpha value is -0.870. The average Bonchev–Trinajstić information content (AvgIpc) is 2.55. The zero-order chi connectivity index (χ0) is 10.6. The first-order valence-electron chi connectivity index (χ1n) is 5.23. The van der Waals surface area contributed by atoms with Gasteiger partial charge in [0.2, 0.25) is 0 Å². The van der Waals surface area contributed by atoms with E-state index in [4.69, 9.17) is 5.84 Å². The molecule has 1 atom stereocenters. The first kappa shape index (κ1) is 11.2. The van der Waals surface area contributed by atoms with Gasteiger partial charge in [0, 0.05) is 6.54 Å². The van der Waals surface area contributed by atoms with Gasteiger partial charge in [-0.25, -0.2) is 0 Å². The Labute approximate surface area is 85.5 Å². The summed E-state index contributed by atoms with van der Waals surface area (Å²) in [7, 11) is 0. The third-order valence-electron chi connectivity index (χ3n) is 2.37. The van der Waals surface area contributed by atoms with Crippen LogP contribution in [0.15, 0.2) is 6.07 Å². The van der Waals surface area contributed by atoms with Gasteiger partial charge in [-0.1, -0.05) is 13.3 Å². The molecule has 1 aromatic rings. The highest BCUT2D eigenvalue weighted by Crippen LogP contribution is 2.18. The van der Waals surface area contributed by atoms with Crippen LogP contribution in [0.2, 0.25) is 0 Å². The number of hydrogen-bond donors (Lipinski definition) is 2. The van der Waals surface area contributed by atoms with Gasteiger partial charge in [0.25, 0.3) is 0 Å². The van der Waals surface area contributed by atoms with Gasteiger partial charge in [-0.2, -0.15) is 5.10 Å². The van der Waals surface area contributed by atoms with Gasteiger partial charge >= 0.3 is 0 Å². The van der Waals surface area contributed by atoms with Gasteiger partial charge in [-0.05, 0) is 26.3 Å². The molecule has 1 heterocycles. The van der Waals surface area contributed by atoms with Crippen molar-refractivity contribution in [1.82, 2.24) is 15.2 Å². The molecular weight excluding hydrogens is 176 g/mol. The molecule has 14 heavy (non-hydrogen) atoms. The molecule has 0 amide bonds. The van der Waals surface area contributed by atoms with Crippen molar-refractivity contribution in [3.63, 3.8) is 0 Å². The number of nitrogens with one attached hydrogen (secondary N) is 1. The van der Waals surface area contributed by atoms with E-state index in [2.05, 4.69) is 30.4 Å². The van der Waals surface area contributed by atoms with Crippen molar-refractivity contribution in [2.45, 2.75) is 46.2 Å². The molecule has 1 aromatic heterocycles. The number of nitrogens with two attached hydrogens (primary N) is 1. The molecule has 0 aliphatic rings. The molecular formula is C10H20N4. The molecule has 0 aromatic carbocycles. The van der Waals surface area contributed by atoms with Crippen molar-refractivity contribution in [3.05, 3.63) is 17.5 Å². The van der Waals surface area contributed by atoms with Crippen LogP contribution >= 0.6 is 0 Å². The minimum Gasteiger partial charge on any atom is -0.271 e. The van der Waals surface area contributed by atoms with Gasteiger partial charge in [0.15, 0.2) is 0 Å². The highest BCUT2D eigenvalue weighted by molar-refractivity contribution is 5.13. The summed E-state index contributed by atoms with van der Waals surface area (Å²) in [5.74, 6) is 5.53. The Morgan fingerprint density at radius 3 is 2.79 bits per heavy atom. The molecule has 0 radical (unpaired) electrons. The Balaban J connectivity index is 2.89. The molecule has 0 fully saturated rings. The Kier molecular flexibility index (Phi) is 4.10. The molecule has 0 aliphatic heterocycles. The number of hydrogen-bond acceptors (Lipinski definition) is 3. The zero-order valence-electron chi connectivity index (χ0n) is 9.25. The minimum atomic E-state index is 0.223. The van der Waals surface area contributed by atoms with Gasteiger partial charge in [-0.15, -0.1) is 0 Å². The Morgan fingerprint density at radius 2 is 2.29 bits per heavy atom. The molecule has 0 aliphatic carbocycles. The van der Waals surface area contributed by atoms with E-state index in [0.29, 0.717) is 0 Å². The summed E-state index contributed by atoms with van der Waals surface area (Å²) < 4.78 is 2.01. The monoisotopic (exact) mass is 196 g/mol. The van der Waals surface area contributed by atoms with E-state index in [1.807, 2.05) is 11.6 Å². The minimum absolute atomic E-state index is 0.223. The fourth-order valence-corrected chi connectivity index (χ4v) is 1.70. The average molecular weight is 196 g/mol. The van der Waals surface area contributed by atoms with Gasteiger partial charge < -0.3 is 0 Å². The standard InChI is InChI=1S/C10H20N4/c1-4-6-9(12-11)10-7-8(3)13-14(10)5-2/h7,9,12H,4-6,11H2,1-3H3. The Morgan fingerprint density at radius 1 is 1.57 bits per heavy atom. The molecule has 4 heteroatoms.